The predicted octanol–water partition coefficient (Wildman–Crippen LogP) is 1.64. The molecule has 0 aromatic carbocycles. The molecule has 0 radical (unpaired) electrons. The van der Waals surface area contributed by atoms with E-state index in [4.69, 9.17) is 0 Å². The van der Waals surface area contributed by atoms with Crippen molar-refractivity contribution in [3.05, 3.63) is 18.0 Å². The second kappa shape index (κ2) is 8.19. The number of aromatic nitrogens is 2. The molecule has 0 bridgehead atoms. The molecule has 1 aromatic heterocycles. The van der Waals surface area contributed by atoms with E-state index in [2.05, 4.69) is 34.6 Å². The van der Waals surface area contributed by atoms with E-state index in [1.54, 1.807) is 0 Å². The normalized spacial score (nSPS) is 19.9. The topological polar surface area (TPSA) is 54.2 Å². The van der Waals surface area contributed by atoms with Crippen LogP contribution in [0.2, 0.25) is 0 Å². The molecule has 0 saturated carbocycles. The van der Waals surface area contributed by atoms with Gasteiger partial charge in [0.2, 0.25) is 0 Å². The highest BCUT2D eigenvalue weighted by Gasteiger charge is 2.14. The van der Waals surface area contributed by atoms with Crippen LogP contribution in [0.3, 0.4) is 0 Å². The first kappa shape index (κ1) is 15.2. The van der Waals surface area contributed by atoms with E-state index in [1.807, 2.05) is 28.8 Å². The van der Waals surface area contributed by atoms with Gasteiger partial charge in [-0.3, -0.25) is 9.67 Å². The van der Waals surface area contributed by atoms with Crippen LogP contribution in [0.1, 0.15) is 25.3 Å². The number of hydrogen-bond donors (Lipinski definition) is 2. The molecular weight excluding hydrogens is 270 g/mol. The number of nitrogens with one attached hydrogen (secondary N) is 2. The highest BCUT2D eigenvalue weighted by atomic mass is 32.2. The number of aliphatic imine (C=N–C) groups is 1. The van der Waals surface area contributed by atoms with Crippen molar-refractivity contribution >= 4 is 17.7 Å². The second-order valence-corrected chi connectivity index (χ2v) is 6.25. The molecule has 2 heterocycles. The van der Waals surface area contributed by atoms with Gasteiger partial charge >= 0.3 is 0 Å². The van der Waals surface area contributed by atoms with Gasteiger partial charge in [-0.15, -0.1) is 0 Å². The van der Waals surface area contributed by atoms with Crippen molar-refractivity contribution < 1.29 is 0 Å². The van der Waals surface area contributed by atoms with Crippen LogP contribution < -0.4 is 10.6 Å². The third kappa shape index (κ3) is 5.07. The molecule has 1 fully saturated rings. The highest BCUT2D eigenvalue weighted by molar-refractivity contribution is 7.99. The molecule has 0 aliphatic carbocycles. The van der Waals surface area contributed by atoms with Gasteiger partial charge in [0.15, 0.2) is 5.96 Å². The number of guanidine groups is 1. The molecule has 0 amide bonds. The lowest BCUT2D eigenvalue weighted by Crippen LogP contribution is -2.45. The van der Waals surface area contributed by atoms with E-state index in [0.717, 1.165) is 25.6 Å². The smallest absolute Gasteiger partial charge is 0.191 e. The summed E-state index contributed by atoms with van der Waals surface area (Å²) in [5, 5.41) is 11.1. The second-order valence-electron chi connectivity index (χ2n) is 5.10. The van der Waals surface area contributed by atoms with Crippen molar-refractivity contribution in [2.24, 2.45) is 4.99 Å². The zero-order valence-electron chi connectivity index (χ0n) is 12.4. The Kier molecular flexibility index (Phi) is 6.24. The maximum absolute atomic E-state index is 4.64. The summed E-state index contributed by atoms with van der Waals surface area (Å²) in [5.74, 6) is 3.41. The van der Waals surface area contributed by atoms with Gasteiger partial charge in [0.1, 0.15) is 0 Å². The van der Waals surface area contributed by atoms with Crippen molar-refractivity contribution in [1.29, 1.82) is 0 Å². The molecule has 0 spiro atoms. The Balaban J connectivity index is 1.81. The summed E-state index contributed by atoms with van der Waals surface area (Å²) in [6.45, 7) is 6.62. The fraction of sp³-hybridized carbons (Fsp3) is 0.714. The molecule has 2 rings (SSSR count). The van der Waals surface area contributed by atoms with Crippen LogP contribution in [0.15, 0.2) is 17.4 Å². The number of nitrogens with zero attached hydrogens (tertiary/aromatic N) is 3. The molecule has 1 aliphatic heterocycles. The monoisotopic (exact) mass is 295 g/mol. The average molecular weight is 295 g/mol. The molecule has 5 nitrogen and oxygen atoms in total. The van der Waals surface area contributed by atoms with Crippen LogP contribution in [-0.2, 0) is 6.54 Å². The molecule has 2 N–H and O–H groups in total. The van der Waals surface area contributed by atoms with Crippen molar-refractivity contribution in [3.63, 3.8) is 0 Å². The Morgan fingerprint density at radius 2 is 2.50 bits per heavy atom. The van der Waals surface area contributed by atoms with Crippen molar-refractivity contribution in [2.75, 3.05) is 24.6 Å². The Hall–Kier alpha value is -1.17. The van der Waals surface area contributed by atoms with Crippen molar-refractivity contribution in [3.8, 4) is 0 Å². The third-order valence-electron chi connectivity index (χ3n) is 3.21. The van der Waals surface area contributed by atoms with Gasteiger partial charge in [0.05, 0.1) is 19.3 Å². The Morgan fingerprint density at radius 1 is 1.60 bits per heavy atom. The fourth-order valence-corrected chi connectivity index (χ4v) is 3.29. The largest absolute Gasteiger partial charge is 0.357 e. The molecule has 112 valence electrons. The SMILES string of the molecule is CCNC(=NCCn1cc(C)cn1)NC1CCCSC1. The molecule has 1 aromatic rings. The Bertz CT molecular complexity index is 423. The summed E-state index contributed by atoms with van der Waals surface area (Å²) >= 11 is 2.03. The lowest BCUT2D eigenvalue weighted by molar-refractivity contribution is 0.577. The van der Waals surface area contributed by atoms with Gasteiger partial charge in [-0.25, -0.2) is 0 Å². The third-order valence-corrected chi connectivity index (χ3v) is 4.42. The van der Waals surface area contributed by atoms with Crippen LogP contribution in [0.5, 0.6) is 0 Å². The Labute approximate surface area is 125 Å². The van der Waals surface area contributed by atoms with E-state index >= 15 is 0 Å². The number of aryl methyl sites for hydroxylation is 1. The first-order valence-corrected chi connectivity index (χ1v) is 8.55. The van der Waals surface area contributed by atoms with Gasteiger partial charge in [-0.2, -0.15) is 16.9 Å². The van der Waals surface area contributed by atoms with Crippen LogP contribution in [-0.4, -0.2) is 46.4 Å². The minimum Gasteiger partial charge on any atom is -0.357 e. The molecule has 6 heteroatoms. The molecule has 1 saturated heterocycles. The summed E-state index contributed by atoms with van der Waals surface area (Å²) < 4.78 is 1.94. The fourth-order valence-electron chi connectivity index (χ4n) is 2.22. The van der Waals surface area contributed by atoms with Crippen LogP contribution in [0.4, 0.5) is 0 Å². The molecule has 1 unspecified atom stereocenters. The van der Waals surface area contributed by atoms with Crippen LogP contribution >= 0.6 is 11.8 Å². The molecule has 20 heavy (non-hydrogen) atoms. The predicted molar refractivity (Wildman–Crippen MR) is 86.4 cm³/mol. The summed E-state index contributed by atoms with van der Waals surface area (Å²) in [7, 11) is 0. The molecular formula is C14H25N5S. The standard InChI is InChI=1S/C14H25N5S/c1-3-15-14(18-13-5-4-8-20-11-13)16-6-7-19-10-12(2)9-17-19/h9-10,13H,3-8,11H2,1-2H3,(H2,15,16,18). The number of rotatable bonds is 5. The van der Waals surface area contributed by atoms with Gasteiger partial charge < -0.3 is 10.6 Å². The zero-order chi connectivity index (χ0) is 14.2. The summed E-state index contributed by atoms with van der Waals surface area (Å²) in [4.78, 5) is 4.64. The molecule has 1 atom stereocenters. The van der Waals surface area contributed by atoms with Crippen molar-refractivity contribution in [1.82, 2.24) is 20.4 Å². The van der Waals surface area contributed by atoms with Gasteiger partial charge in [-0.05, 0) is 38.0 Å². The van der Waals surface area contributed by atoms with E-state index < -0.39 is 0 Å². The van der Waals surface area contributed by atoms with Gasteiger partial charge in [-0.1, -0.05) is 0 Å². The summed E-state index contributed by atoms with van der Waals surface area (Å²) in [6.07, 6.45) is 6.48. The lowest BCUT2D eigenvalue weighted by Gasteiger charge is -2.24. The average Bonchev–Trinajstić information content (AvgIpc) is 2.86. The van der Waals surface area contributed by atoms with E-state index in [0.29, 0.717) is 6.04 Å². The first-order valence-electron chi connectivity index (χ1n) is 7.39. The lowest BCUT2D eigenvalue weighted by atomic mass is 10.2. The quantitative estimate of drug-likeness (QED) is 0.640. The van der Waals surface area contributed by atoms with Gasteiger partial charge in [0.25, 0.3) is 0 Å². The number of hydrogen-bond acceptors (Lipinski definition) is 3. The summed E-state index contributed by atoms with van der Waals surface area (Å²) in [6, 6.07) is 0.554. The molecule has 1 aliphatic rings. The summed E-state index contributed by atoms with van der Waals surface area (Å²) in [5.41, 5.74) is 1.19. The van der Waals surface area contributed by atoms with E-state index in [9.17, 15) is 0 Å². The van der Waals surface area contributed by atoms with Crippen molar-refractivity contribution in [2.45, 2.75) is 39.3 Å². The zero-order valence-corrected chi connectivity index (χ0v) is 13.2. The van der Waals surface area contributed by atoms with E-state index in [1.165, 1.54) is 29.9 Å². The van der Waals surface area contributed by atoms with Crippen LogP contribution in [0, 0.1) is 6.92 Å². The highest BCUT2D eigenvalue weighted by Crippen LogP contribution is 2.16. The Morgan fingerprint density at radius 3 is 3.15 bits per heavy atom. The minimum atomic E-state index is 0.554. The minimum absolute atomic E-state index is 0.554. The number of thioether (sulfide) groups is 1. The van der Waals surface area contributed by atoms with E-state index in [-0.39, 0.29) is 0 Å². The maximum atomic E-state index is 4.64. The first-order chi connectivity index (χ1) is 9.78. The maximum Gasteiger partial charge on any atom is 0.191 e. The van der Waals surface area contributed by atoms with Gasteiger partial charge in [0, 0.05) is 24.5 Å². The van der Waals surface area contributed by atoms with Crippen LogP contribution in [0.25, 0.3) is 0 Å².